The van der Waals surface area contributed by atoms with E-state index in [4.69, 9.17) is 11.6 Å². The van der Waals surface area contributed by atoms with Gasteiger partial charge in [0.1, 0.15) is 0 Å². The number of carbonyl (C=O) groups is 1. The van der Waals surface area contributed by atoms with E-state index in [0.717, 1.165) is 12.1 Å². The normalized spacial score (nSPS) is 11.7. The maximum atomic E-state index is 13.0. The third kappa shape index (κ3) is 5.74. The van der Waals surface area contributed by atoms with Crippen molar-refractivity contribution in [1.82, 2.24) is 0 Å². The molecule has 0 aromatic heterocycles. The zero-order valence-electron chi connectivity index (χ0n) is 15.7. The van der Waals surface area contributed by atoms with Gasteiger partial charge in [0.15, 0.2) is 0 Å². The van der Waals surface area contributed by atoms with Crippen LogP contribution in [0.15, 0.2) is 77.7 Å². The molecule has 158 valence electrons. The maximum Gasteiger partial charge on any atom is 0.332 e. The summed E-state index contributed by atoms with van der Waals surface area (Å²) < 4.78 is 34.9. The lowest BCUT2D eigenvalue weighted by molar-refractivity contribution is -0.384. The van der Waals surface area contributed by atoms with Crippen molar-refractivity contribution in [3.8, 4) is 0 Å². The number of hydrogen-bond donors (Lipinski definition) is 1. The number of nitrogens with one attached hydrogen (secondary N) is 1. The molecule has 1 N–H and O–H groups in total. The highest BCUT2D eigenvalue weighted by atomic mass is 35.5. The van der Waals surface area contributed by atoms with Crippen molar-refractivity contribution in [3.05, 3.63) is 99.1 Å². The van der Waals surface area contributed by atoms with Crippen LogP contribution in [0.3, 0.4) is 0 Å². The number of nitro benzene ring substituents is 1. The highest BCUT2D eigenvalue weighted by Gasteiger charge is 2.15. The number of nitro groups is 1. The van der Waals surface area contributed by atoms with Crippen LogP contribution in [0, 0.1) is 10.1 Å². The second-order valence-electron chi connectivity index (χ2n) is 6.33. The Morgan fingerprint density at radius 3 is 2.23 bits per heavy atom. The molecule has 0 unspecified atom stereocenters. The summed E-state index contributed by atoms with van der Waals surface area (Å²) in [5, 5.41) is 13.9. The van der Waals surface area contributed by atoms with E-state index in [1.165, 1.54) is 42.5 Å². The van der Waals surface area contributed by atoms with Crippen LogP contribution in [0.5, 0.6) is 0 Å². The van der Waals surface area contributed by atoms with Gasteiger partial charge in [-0.05, 0) is 65.7 Å². The summed E-state index contributed by atoms with van der Waals surface area (Å²) in [6.07, 6.45) is 1.53. The monoisotopic (exact) mass is 460 g/mol. The molecule has 0 fully saturated rings. The zero-order valence-corrected chi connectivity index (χ0v) is 17.2. The fourth-order valence-corrected chi connectivity index (χ4v) is 3.35. The SMILES string of the molecule is O=C(Nc1ccc(S(=O)(=O)F)cc1)/C(=C\c1ccc([N+](=O)[O-])cc1)c1cccc(Cl)c1. The average molecular weight is 461 g/mol. The van der Waals surface area contributed by atoms with E-state index >= 15 is 0 Å². The van der Waals surface area contributed by atoms with Crippen molar-refractivity contribution in [2.24, 2.45) is 0 Å². The van der Waals surface area contributed by atoms with Gasteiger partial charge in [0.2, 0.25) is 0 Å². The number of carbonyl (C=O) groups excluding carboxylic acids is 1. The van der Waals surface area contributed by atoms with Gasteiger partial charge >= 0.3 is 10.2 Å². The molecular weight excluding hydrogens is 447 g/mol. The Hall–Kier alpha value is -3.56. The first-order valence-corrected chi connectivity index (χ1v) is 10.5. The van der Waals surface area contributed by atoms with Crippen LogP contribution < -0.4 is 5.32 Å². The largest absolute Gasteiger partial charge is 0.332 e. The summed E-state index contributed by atoms with van der Waals surface area (Å²) in [6.45, 7) is 0. The lowest BCUT2D eigenvalue weighted by Crippen LogP contribution is -2.13. The Labute approximate surface area is 182 Å². The van der Waals surface area contributed by atoms with E-state index < -0.39 is 25.9 Å². The first-order chi connectivity index (χ1) is 14.6. The smallest absolute Gasteiger partial charge is 0.322 e. The third-order valence-electron chi connectivity index (χ3n) is 4.19. The van der Waals surface area contributed by atoms with Crippen molar-refractivity contribution in [3.63, 3.8) is 0 Å². The van der Waals surface area contributed by atoms with Crippen LogP contribution in [0.25, 0.3) is 11.6 Å². The summed E-state index contributed by atoms with van der Waals surface area (Å²) in [6, 6.07) is 16.8. The van der Waals surface area contributed by atoms with E-state index in [0.29, 0.717) is 16.1 Å². The molecule has 10 heteroatoms. The van der Waals surface area contributed by atoms with Crippen molar-refractivity contribution < 1.29 is 22.0 Å². The van der Waals surface area contributed by atoms with Crippen molar-refractivity contribution >= 4 is 50.8 Å². The Balaban J connectivity index is 1.96. The molecule has 0 atom stereocenters. The molecule has 0 saturated carbocycles. The molecule has 0 spiro atoms. The van der Waals surface area contributed by atoms with E-state index in [9.17, 15) is 27.2 Å². The molecule has 0 bridgehead atoms. The van der Waals surface area contributed by atoms with Gasteiger partial charge in [0, 0.05) is 28.4 Å². The van der Waals surface area contributed by atoms with E-state index in [-0.39, 0.29) is 16.9 Å². The van der Waals surface area contributed by atoms with Gasteiger partial charge < -0.3 is 5.32 Å². The minimum atomic E-state index is -4.85. The number of anilines is 1. The summed E-state index contributed by atoms with van der Waals surface area (Å²) in [5.74, 6) is -0.545. The van der Waals surface area contributed by atoms with E-state index in [2.05, 4.69) is 5.32 Å². The Kier molecular flexibility index (Phi) is 6.47. The summed E-state index contributed by atoms with van der Waals surface area (Å²) in [7, 11) is -4.85. The van der Waals surface area contributed by atoms with Gasteiger partial charge in [-0.1, -0.05) is 23.7 Å². The maximum absolute atomic E-state index is 13.0. The molecule has 3 rings (SSSR count). The van der Waals surface area contributed by atoms with Crippen molar-refractivity contribution in [2.45, 2.75) is 4.90 Å². The van der Waals surface area contributed by atoms with Gasteiger partial charge in [0.25, 0.3) is 11.6 Å². The number of hydrogen-bond acceptors (Lipinski definition) is 5. The van der Waals surface area contributed by atoms with E-state index in [1.807, 2.05) is 0 Å². The lowest BCUT2D eigenvalue weighted by Gasteiger charge is -2.11. The van der Waals surface area contributed by atoms with E-state index in [1.54, 1.807) is 24.3 Å². The van der Waals surface area contributed by atoms with Crippen molar-refractivity contribution in [1.29, 1.82) is 0 Å². The number of rotatable bonds is 6. The van der Waals surface area contributed by atoms with Crippen molar-refractivity contribution in [2.75, 3.05) is 5.32 Å². The minimum Gasteiger partial charge on any atom is -0.322 e. The number of halogens is 2. The topological polar surface area (TPSA) is 106 Å². The quantitative estimate of drug-likeness (QED) is 0.181. The number of nitrogens with zero attached hydrogens (tertiary/aromatic N) is 1. The summed E-state index contributed by atoms with van der Waals surface area (Å²) in [4.78, 5) is 22.7. The molecule has 0 radical (unpaired) electrons. The second-order valence-corrected chi connectivity index (χ2v) is 8.12. The Bertz CT molecular complexity index is 1270. The predicted molar refractivity (Wildman–Crippen MR) is 116 cm³/mol. The fraction of sp³-hybridized carbons (Fsp3) is 0. The van der Waals surface area contributed by atoms with Crippen LogP contribution in [0.4, 0.5) is 15.3 Å². The zero-order chi connectivity index (χ0) is 22.6. The van der Waals surface area contributed by atoms with Gasteiger partial charge in [-0.2, -0.15) is 8.42 Å². The first-order valence-electron chi connectivity index (χ1n) is 8.72. The molecule has 0 aliphatic carbocycles. The Morgan fingerprint density at radius 2 is 1.68 bits per heavy atom. The highest BCUT2D eigenvalue weighted by molar-refractivity contribution is 7.86. The molecule has 7 nitrogen and oxygen atoms in total. The molecular formula is C21H14ClFN2O5S. The van der Waals surface area contributed by atoms with Crippen LogP contribution in [0.2, 0.25) is 5.02 Å². The van der Waals surface area contributed by atoms with Crippen LogP contribution in [-0.2, 0) is 15.0 Å². The van der Waals surface area contributed by atoms with Crippen LogP contribution >= 0.6 is 11.6 Å². The lowest BCUT2D eigenvalue weighted by atomic mass is 10.0. The van der Waals surface area contributed by atoms with Gasteiger partial charge in [-0.15, -0.1) is 3.89 Å². The molecule has 1 amide bonds. The van der Waals surface area contributed by atoms with Crippen LogP contribution in [-0.4, -0.2) is 19.2 Å². The average Bonchev–Trinajstić information content (AvgIpc) is 2.72. The molecule has 31 heavy (non-hydrogen) atoms. The second kappa shape index (κ2) is 9.07. The van der Waals surface area contributed by atoms with Gasteiger partial charge in [0.05, 0.1) is 9.82 Å². The molecule has 0 saturated heterocycles. The molecule has 0 heterocycles. The molecule has 0 aliphatic heterocycles. The molecule has 3 aromatic carbocycles. The fourth-order valence-electron chi connectivity index (χ4n) is 2.69. The summed E-state index contributed by atoms with van der Waals surface area (Å²) in [5.41, 5.74) is 1.39. The number of amides is 1. The standard InChI is InChI=1S/C21H14ClFN2O5S/c22-16-3-1-2-15(13-16)20(12-14-4-8-18(9-5-14)25(27)28)21(26)24-17-6-10-19(11-7-17)31(23,29)30/h1-13H,(H,24,26)/b20-12-. The number of non-ortho nitro benzene ring substituents is 1. The first kappa shape index (κ1) is 22.1. The summed E-state index contributed by atoms with van der Waals surface area (Å²) >= 11 is 6.05. The highest BCUT2D eigenvalue weighted by Crippen LogP contribution is 2.25. The van der Waals surface area contributed by atoms with Gasteiger partial charge in [-0.25, -0.2) is 0 Å². The number of benzene rings is 3. The third-order valence-corrected chi connectivity index (χ3v) is 5.26. The molecule has 0 aliphatic rings. The predicted octanol–water partition coefficient (Wildman–Crippen LogP) is 5.09. The van der Waals surface area contributed by atoms with Crippen LogP contribution in [0.1, 0.15) is 11.1 Å². The minimum absolute atomic E-state index is 0.0891. The van der Waals surface area contributed by atoms with Gasteiger partial charge in [-0.3, -0.25) is 14.9 Å². The Morgan fingerprint density at radius 1 is 1.03 bits per heavy atom. The molecule has 3 aromatic rings.